The minimum absolute atomic E-state index is 0.137. The molecule has 1 heterocycles. The van der Waals surface area contributed by atoms with Gasteiger partial charge in [0.2, 0.25) is 0 Å². The first-order valence-electron chi connectivity index (χ1n) is 7.05. The number of aliphatic carboxylic acids is 1. The number of ether oxygens (including phenoxy) is 1. The fourth-order valence-electron chi connectivity index (χ4n) is 2.72. The highest BCUT2D eigenvalue weighted by atomic mass is 16.5. The summed E-state index contributed by atoms with van der Waals surface area (Å²) in [5.74, 6) is -1.76. The number of amides is 2. The van der Waals surface area contributed by atoms with Gasteiger partial charge in [0.15, 0.2) is 0 Å². The van der Waals surface area contributed by atoms with Crippen LogP contribution in [0.3, 0.4) is 0 Å². The number of nitrogens with zero attached hydrogens (tertiary/aromatic N) is 1. The summed E-state index contributed by atoms with van der Waals surface area (Å²) < 4.78 is 4.70. The number of hydrogen-bond acceptors (Lipinski definition) is 4. The van der Waals surface area contributed by atoms with Crippen molar-refractivity contribution in [3.63, 3.8) is 0 Å². The predicted octanol–water partition coefficient (Wildman–Crippen LogP) is 0.610. The van der Waals surface area contributed by atoms with Crippen LogP contribution in [-0.4, -0.2) is 54.2 Å². The minimum atomic E-state index is -0.873. The second-order valence-corrected chi connectivity index (χ2v) is 5.41. The second-order valence-electron chi connectivity index (χ2n) is 5.41. The summed E-state index contributed by atoms with van der Waals surface area (Å²) in [5.41, 5.74) is 0. The molecule has 0 aromatic carbocycles. The maximum absolute atomic E-state index is 12.1. The van der Waals surface area contributed by atoms with Gasteiger partial charge in [0.1, 0.15) is 0 Å². The van der Waals surface area contributed by atoms with Gasteiger partial charge in [-0.15, -0.1) is 0 Å². The molecule has 1 aliphatic heterocycles. The topological polar surface area (TPSA) is 95.9 Å². The van der Waals surface area contributed by atoms with E-state index in [0.29, 0.717) is 32.4 Å². The zero-order valence-electron chi connectivity index (χ0n) is 11.9. The van der Waals surface area contributed by atoms with Gasteiger partial charge in [-0.2, -0.15) is 0 Å². The Morgan fingerprint density at radius 1 is 1.24 bits per heavy atom. The van der Waals surface area contributed by atoms with E-state index < -0.39 is 11.9 Å². The number of carbonyl (C=O) groups is 3. The molecule has 0 spiro atoms. The van der Waals surface area contributed by atoms with Crippen molar-refractivity contribution in [1.29, 1.82) is 0 Å². The molecule has 1 fully saturated rings. The van der Waals surface area contributed by atoms with E-state index in [0.717, 1.165) is 0 Å². The van der Waals surface area contributed by atoms with Crippen LogP contribution in [-0.2, 0) is 14.3 Å². The smallest absolute Gasteiger partial charge is 0.317 e. The molecule has 2 amide bonds. The molecule has 2 unspecified atom stereocenters. The molecule has 7 heteroatoms. The standard InChI is InChI=1S/C14H20N2O5/c1-21-13(19)9-4-6-16(7-5-9)14(20)15-11-3-2-10(8-11)12(17)18/h2-3,9-11H,4-8H2,1H3,(H,15,20)(H,17,18). The summed E-state index contributed by atoms with van der Waals surface area (Å²) >= 11 is 0. The molecule has 2 atom stereocenters. The van der Waals surface area contributed by atoms with Crippen molar-refractivity contribution in [2.75, 3.05) is 20.2 Å². The normalized spacial score (nSPS) is 25.7. The SMILES string of the molecule is COC(=O)C1CCN(C(=O)NC2C=CC(C(=O)O)C2)CC1. The van der Waals surface area contributed by atoms with Gasteiger partial charge < -0.3 is 20.1 Å². The van der Waals surface area contributed by atoms with E-state index in [4.69, 9.17) is 9.84 Å². The largest absolute Gasteiger partial charge is 0.481 e. The van der Waals surface area contributed by atoms with Crippen LogP contribution in [0.25, 0.3) is 0 Å². The van der Waals surface area contributed by atoms with Crippen LogP contribution in [0.2, 0.25) is 0 Å². The van der Waals surface area contributed by atoms with E-state index in [1.54, 1.807) is 17.1 Å². The molecule has 2 aliphatic rings. The molecule has 0 bridgehead atoms. The summed E-state index contributed by atoms with van der Waals surface area (Å²) in [6.45, 7) is 1.01. The molecule has 2 N–H and O–H groups in total. The summed E-state index contributed by atoms with van der Waals surface area (Å²) in [5, 5.41) is 11.7. The number of methoxy groups -OCH3 is 1. The maximum Gasteiger partial charge on any atom is 0.317 e. The Kier molecular flexibility index (Phi) is 4.82. The predicted molar refractivity (Wildman–Crippen MR) is 73.5 cm³/mol. The highest BCUT2D eigenvalue weighted by molar-refractivity contribution is 5.77. The number of nitrogens with one attached hydrogen (secondary N) is 1. The average molecular weight is 296 g/mol. The Balaban J connectivity index is 1.77. The third-order valence-corrected chi connectivity index (χ3v) is 4.03. The van der Waals surface area contributed by atoms with Gasteiger partial charge in [-0.25, -0.2) is 4.79 Å². The Morgan fingerprint density at radius 3 is 2.43 bits per heavy atom. The Hall–Kier alpha value is -2.05. The van der Waals surface area contributed by atoms with Crippen molar-refractivity contribution < 1.29 is 24.2 Å². The van der Waals surface area contributed by atoms with Gasteiger partial charge in [0, 0.05) is 13.1 Å². The molecule has 2 rings (SSSR count). The van der Waals surface area contributed by atoms with Gasteiger partial charge in [-0.3, -0.25) is 9.59 Å². The van der Waals surface area contributed by atoms with Crippen molar-refractivity contribution in [2.24, 2.45) is 11.8 Å². The molecular formula is C14H20N2O5. The summed E-state index contributed by atoms with van der Waals surface area (Å²) in [7, 11) is 1.37. The number of rotatable bonds is 3. The fraction of sp³-hybridized carbons (Fsp3) is 0.643. The molecule has 7 nitrogen and oxygen atoms in total. The first-order chi connectivity index (χ1) is 10.0. The Bertz CT molecular complexity index is 454. The first-order valence-corrected chi connectivity index (χ1v) is 7.05. The molecule has 1 saturated heterocycles. The molecule has 0 radical (unpaired) electrons. The summed E-state index contributed by atoms with van der Waals surface area (Å²) in [6.07, 6.45) is 4.91. The number of carbonyl (C=O) groups excluding carboxylic acids is 2. The zero-order valence-corrected chi connectivity index (χ0v) is 11.9. The van der Waals surface area contributed by atoms with Crippen LogP contribution in [0.4, 0.5) is 4.79 Å². The third kappa shape index (κ3) is 3.74. The van der Waals surface area contributed by atoms with Crippen molar-refractivity contribution in [3.8, 4) is 0 Å². The van der Waals surface area contributed by atoms with Crippen molar-refractivity contribution >= 4 is 18.0 Å². The zero-order chi connectivity index (χ0) is 15.4. The van der Waals surface area contributed by atoms with Crippen LogP contribution in [0.1, 0.15) is 19.3 Å². The van der Waals surface area contributed by atoms with Crippen molar-refractivity contribution in [3.05, 3.63) is 12.2 Å². The van der Waals surface area contributed by atoms with Crippen LogP contribution in [0, 0.1) is 11.8 Å². The van der Waals surface area contributed by atoms with Gasteiger partial charge in [-0.1, -0.05) is 12.2 Å². The van der Waals surface area contributed by atoms with E-state index in [9.17, 15) is 14.4 Å². The van der Waals surface area contributed by atoms with Crippen molar-refractivity contribution in [1.82, 2.24) is 10.2 Å². The highest BCUT2D eigenvalue weighted by Gasteiger charge is 2.30. The van der Waals surface area contributed by atoms with E-state index in [2.05, 4.69) is 5.32 Å². The van der Waals surface area contributed by atoms with E-state index >= 15 is 0 Å². The Labute approximate surface area is 122 Å². The fourth-order valence-corrected chi connectivity index (χ4v) is 2.72. The lowest BCUT2D eigenvalue weighted by Crippen LogP contribution is -2.48. The lowest BCUT2D eigenvalue weighted by molar-refractivity contribution is -0.146. The van der Waals surface area contributed by atoms with Gasteiger partial charge >= 0.3 is 18.0 Å². The lowest BCUT2D eigenvalue weighted by Gasteiger charge is -2.31. The minimum Gasteiger partial charge on any atom is -0.481 e. The number of carboxylic acid groups (broad SMARTS) is 1. The van der Waals surface area contributed by atoms with Crippen LogP contribution >= 0.6 is 0 Å². The van der Waals surface area contributed by atoms with Gasteiger partial charge in [-0.05, 0) is 19.3 Å². The number of piperidine rings is 1. The van der Waals surface area contributed by atoms with E-state index in [1.165, 1.54) is 7.11 Å². The molecule has 116 valence electrons. The van der Waals surface area contributed by atoms with E-state index in [-0.39, 0.29) is 24.0 Å². The third-order valence-electron chi connectivity index (χ3n) is 4.03. The second kappa shape index (κ2) is 6.60. The van der Waals surface area contributed by atoms with Gasteiger partial charge in [0.25, 0.3) is 0 Å². The molecule has 0 aromatic heterocycles. The first kappa shape index (κ1) is 15.3. The molecule has 1 aliphatic carbocycles. The average Bonchev–Trinajstić information content (AvgIpc) is 2.95. The van der Waals surface area contributed by atoms with E-state index in [1.807, 2.05) is 0 Å². The quantitative estimate of drug-likeness (QED) is 0.587. The molecule has 0 saturated carbocycles. The monoisotopic (exact) mass is 296 g/mol. The lowest BCUT2D eigenvalue weighted by atomic mass is 9.97. The number of likely N-dealkylation sites (tertiary alicyclic amines) is 1. The van der Waals surface area contributed by atoms with Crippen LogP contribution < -0.4 is 5.32 Å². The molecular weight excluding hydrogens is 276 g/mol. The summed E-state index contributed by atoms with van der Waals surface area (Å²) in [6, 6.07) is -0.448. The van der Waals surface area contributed by atoms with Gasteiger partial charge in [0.05, 0.1) is 25.0 Å². The number of carboxylic acids is 1. The number of esters is 1. The Morgan fingerprint density at radius 2 is 1.90 bits per heavy atom. The van der Waals surface area contributed by atoms with Crippen LogP contribution in [0.15, 0.2) is 12.2 Å². The summed E-state index contributed by atoms with van der Waals surface area (Å²) in [4.78, 5) is 36.0. The number of urea groups is 1. The van der Waals surface area contributed by atoms with Crippen LogP contribution in [0.5, 0.6) is 0 Å². The highest BCUT2D eigenvalue weighted by Crippen LogP contribution is 2.20. The molecule has 21 heavy (non-hydrogen) atoms. The molecule has 0 aromatic rings. The maximum atomic E-state index is 12.1. The number of hydrogen-bond donors (Lipinski definition) is 2. The van der Waals surface area contributed by atoms with Crippen molar-refractivity contribution in [2.45, 2.75) is 25.3 Å².